The molecule has 0 amide bonds. The second-order valence-corrected chi connectivity index (χ2v) is 5.77. The van der Waals surface area contributed by atoms with E-state index in [1.54, 1.807) is 0 Å². The van der Waals surface area contributed by atoms with Crippen LogP contribution in [-0.2, 0) is 13.0 Å². The molecule has 2 aromatic carbocycles. The van der Waals surface area contributed by atoms with E-state index in [0.29, 0.717) is 0 Å². The van der Waals surface area contributed by atoms with Gasteiger partial charge in [0.15, 0.2) is 0 Å². The largest absolute Gasteiger partial charge is 0.380 e. The standard InChI is InChI=1S/C19H18N2O/c1-13-17(15-8-3-2-4-9-15)21-12-11-14-7-5-6-10-16(14)18(22)19(21)20-13/h2-10,18,22H,11-12H2,1H3. The summed E-state index contributed by atoms with van der Waals surface area (Å²) in [4.78, 5) is 4.68. The summed E-state index contributed by atoms with van der Waals surface area (Å²) in [5, 5.41) is 10.8. The van der Waals surface area contributed by atoms with Gasteiger partial charge in [0.05, 0.1) is 11.4 Å². The smallest absolute Gasteiger partial charge is 0.143 e. The first-order valence-electron chi connectivity index (χ1n) is 7.64. The molecule has 1 aliphatic rings. The molecule has 3 heteroatoms. The highest BCUT2D eigenvalue weighted by Gasteiger charge is 2.26. The number of fused-ring (bicyclic) bond motifs is 2. The van der Waals surface area contributed by atoms with Gasteiger partial charge in [-0.1, -0.05) is 54.6 Å². The average molecular weight is 290 g/mol. The molecule has 1 unspecified atom stereocenters. The molecule has 1 aromatic heterocycles. The van der Waals surface area contributed by atoms with Crippen LogP contribution in [0, 0.1) is 6.92 Å². The van der Waals surface area contributed by atoms with Crippen LogP contribution < -0.4 is 0 Å². The minimum absolute atomic E-state index is 0.658. The van der Waals surface area contributed by atoms with Crippen molar-refractivity contribution in [2.24, 2.45) is 0 Å². The second-order valence-electron chi connectivity index (χ2n) is 5.77. The van der Waals surface area contributed by atoms with Crippen LogP contribution >= 0.6 is 0 Å². The fraction of sp³-hybridized carbons (Fsp3) is 0.211. The highest BCUT2D eigenvalue weighted by molar-refractivity contribution is 5.63. The zero-order chi connectivity index (χ0) is 15.1. The summed E-state index contributed by atoms with van der Waals surface area (Å²) in [5.74, 6) is 0.751. The highest BCUT2D eigenvalue weighted by atomic mass is 16.3. The van der Waals surface area contributed by atoms with Crippen LogP contribution in [0.15, 0.2) is 54.6 Å². The van der Waals surface area contributed by atoms with Crippen molar-refractivity contribution in [3.8, 4) is 11.3 Å². The van der Waals surface area contributed by atoms with Gasteiger partial charge in [-0.3, -0.25) is 0 Å². The van der Waals surface area contributed by atoms with Crippen molar-refractivity contribution in [1.29, 1.82) is 0 Å². The molecular weight excluding hydrogens is 272 g/mol. The van der Waals surface area contributed by atoms with E-state index in [1.165, 1.54) is 5.56 Å². The van der Waals surface area contributed by atoms with E-state index in [9.17, 15) is 5.11 Å². The first-order chi connectivity index (χ1) is 10.8. The van der Waals surface area contributed by atoms with E-state index in [4.69, 9.17) is 0 Å². The minimum atomic E-state index is -0.658. The van der Waals surface area contributed by atoms with E-state index in [2.05, 4.69) is 27.8 Å². The van der Waals surface area contributed by atoms with Gasteiger partial charge in [0.2, 0.25) is 0 Å². The number of aryl methyl sites for hydroxylation is 2. The molecule has 0 spiro atoms. The van der Waals surface area contributed by atoms with Gasteiger partial charge in [-0.2, -0.15) is 0 Å². The van der Waals surface area contributed by atoms with Gasteiger partial charge in [-0.15, -0.1) is 0 Å². The van der Waals surface area contributed by atoms with Gasteiger partial charge < -0.3 is 9.67 Å². The molecule has 1 atom stereocenters. The van der Waals surface area contributed by atoms with Crippen molar-refractivity contribution in [1.82, 2.24) is 9.55 Å². The Morgan fingerprint density at radius 3 is 2.59 bits per heavy atom. The zero-order valence-electron chi connectivity index (χ0n) is 12.5. The lowest BCUT2D eigenvalue weighted by atomic mass is 10.0. The van der Waals surface area contributed by atoms with Gasteiger partial charge in [0.1, 0.15) is 11.9 Å². The van der Waals surface area contributed by atoms with Crippen molar-refractivity contribution >= 4 is 0 Å². The number of nitrogens with zero attached hydrogens (tertiary/aromatic N) is 2. The van der Waals surface area contributed by atoms with Gasteiger partial charge in [-0.05, 0) is 24.5 Å². The maximum atomic E-state index is 10.8. The van der Waals surface area contributed by atoms with Gasteiger partial charge in [0.25, 0.3) is 0 Å². The van der Waals surface area contributed by atoms with Crippen molar-refractivity contribution in [2.45, 2.75) is 26.0 Å². The molecule has 0 fully saturated rings. The predicted molar refractivity (Wildman–Crippen MR) is 86.6 cm³/mol. The molecule has 0 radical (unpaired) electrons. The van der Waals surface area contributed by atoms with Crippen molar-refractivity contribution in [2.75, 3.05) is 0 Å². The predicted octanol–water partition coefficient (Wildman–Crippen LogP) is 3.50. The van der Waals surface area contributed by atoms with E-state index >= 15 is 0 Å². The van der Waals surface area contributed by atoms with Crippen LogP contribution in [0.4, 0.5) is 0 Å². The Balaban J connectivity index is 1.90. The molecule has 0 aliphatic carbocycles. The first-order valence-corrected chi connectivity index (χ1v) is 7.64. The summed E-state index contributed by atoms with van der Waals surface area (Å²) in [6.07, 6.45) is 0.255. The van der Waals surface area contributed by atoms with Gasteiger partial charge >= 0.3 is 0 Å². The summed E-state index contributed by atoms with van der Waals surface area (Å²) in [6, 6.07) is 18.4. The number of imidazole rings is 1. The van der Waals surface area contributed by atoms with Gasteiger partial charge in [-0.25, -0.2) is 4.98 Å². The number of aliphatic hydroxyl groups is 1. The lowest BCUT2D eigenvalue weighted by Crippen LogP contribution is -2.08. The number of rotatable bonds is 1. The van der Waals surface area contributed by atoms with Crippen molar-refractivity contribution < 1.29 is 5.11 Å². The van der Waals surface area contributed by atoms with E-state index in [1.807, 2.05) is 43.3 Å². The monoisotopic (exact) mass is 290 g/mol. The summed E-state index contributed by atoms with van der Waals surface area (Å²) in [5.41, 5.74) is 5.42. The topological polar surface area (TPSA) is 38.0 Å². The molecule has 1 aliphatic heterocycles. The maximum absolute atomic E-state index is 10.8. The Kier molecular flexibility index (Phi) is 3.09. The molecule has 0 saturated heterocycles. The number of aromatic nitrogens is 2. The third-order valence-electron chi connectivity index (χ3n) is 4.42. The molecule has 3 aromatic rings. The third-order valence-corrected chi connectivity index (χ3v) is 4.42. The first kappa shape index (κ1) is 13.3. The zero-order valence-corrected chi connectivity index (χ0v) is 12.5. The average Bonchev–Trinajstić information content (AvgIpc) is 2.83. The summed E-state index contributed by atoms with van der Waals surface area (Å²) in [7, 11) is 0. The highest BCUT2D eigenvalue weighted by Crippen LogP contribution is 2.34. The Labute approximate surface area is 129 Å². The SMILES string of the molecule is Cc1nc2n(c1-c1ccccc1)CCc1ccccc1C2O. The van der Waals surface area contributed by atoms with Crippen LogP contribution in [0.2, 0.25) is 0 Å². The Morgan fingerprint density at radius 2 is 1.77 bits per heavy atom. The molecule has 0 saturated carbocycles. The lowest BCUT2D eigenvalue weighted by Gasteiger charge is -2.12. The Bertz CT molecular complexity index is 821. The quantitative estimate of drug-likeness (QED) is 0.745. The third kappa shape index (κ3) is 1.97. The van der Waals surface area contributed by atoms with Crippen LogP contribution in [0.25, 0.3) is 11.3 Å². The van der Waals surface area contributed by atoms with Crippen LogP contribution in [0.3, 0.4) is 0 Å². The summed E-state index contributed by atoms with van der Waals surface area (Å²) in [6.45, 7) is 2.86. The molecule has 1 N–H and O–H groups in total. The summed E-state index contributed by atoms with van der Waals surface area (Å²) >= 11 is 0. The Morgan fingerprint density at radius 1 is 1.05 bits per heavy atom. The van der Waals surface area contributed by atoms with E-state index in [-0.39, 0.29) is 0 Å². The minimum Gasteiger partial charge on any atom is -0.380 e. The fourth-order valence-electron chi connectivity index (χ4n) is 3.39. The summed E-state index contributed by atoms with van der Waals surface area (Å²) < 4.78 is 2.18. The molecule has 110 valence electrons. The van der Waals surface area contributed by atoms with Gasteiger partial charge in [0, 0.05) is 12.1 Å². The van der Waals surface area contributed by atoms with Crippen LogP contribution in [0.5, 0.6) is 0 Å². The number of benzene rings is 2. The molecular formula is C19H18N2O. The van der Waals surface area contributed by atoms with E-state index < -0.39 is 6.10 Å². The molecule has 4 rings (SSSR count). The maximum Gasteiger partial charge on any atom is 0.143 e. The fourth-order valence-corrected chi connectivity index (χ4v) is 3.39. The van der Waals surface area contributed by atoms with Crippen molar-refractivity contribution in [3.63, 3.8) is 0 Å². The van der Waals surface area contributed by atoms with Crippen LogP contribution in [-0.4, -0.2) is 14.7 Å². The normalized spacial score (nSPS) is 16.7. The van der Waals surface area contributed by atoms with E-state index in [0.717, 1.165) is 41.3 Å². The lowest BCUT2D eigenvalue weighted by molar-refractivity contribution is 0.207. The number of hydrogen-bond donors (Lipinski definition) is 1. The number of aliphatic hydroxyl groups excluding tert-OH is 1. The van der Waals surface area contributed by atoms with Crippen LogP contribution in [0.1, 0.15) is 28.7 Å². The molecule has 22 heavy (non-hydrogen) atoms. The molecule has 3 nitrogen and oxygen atoms in total. The molecule has 0 bridgehead atoms. The Hall–Kier alpha value is -2.39. The number of hydrogen-bond acceptors (Lipinski definition) is 2. The second kappa shape index (κ2) is 5.11. The molecule has 2 heterocycles. The van der Waals surface area contributed by atoms with Crippen molar-refractivity contribution in [3.05, 3.63) is 77.2 Å².